The van der Waals surface area contributed by atoms with Crippen molar-refractivity contribution in [2.75, 3.05) is 29.2 Å². The summed E-state index contributed by atoms with van der Waals surface area (Å²) < 4.78 is 5.59. The lowest BCUT2D eigenvalue weighted by molar-refractivity contribution is 0.234. The summed E-state index contributed by atoms with van der Waals surface area (Å²) in [7, 11) is 2.04. The zero-order chi connectivity index (χ0) is 13.1. The minimum absolute atomic E-state index is 0.0578. The second kappa shape index (κ2) is 5.65. The van der Waals surface area contributed by atoms with Crippen LogP contribution in [0.5, 0.6) is 5.88 Å². The van der Waals surface area contributed by atoms with Crippen LogP contribution in [0.1, 0.15) is 20.3 Å². The predicted octanol–water partition coefficient (Wildman–Crippen LogP) is 1.79. The van der Waals surface area contributed by atoms with Crippen LogP contribution in [0.3, 0.4) is 0 Å². The van der Waals surface area contributed by atoms with Crippen molar-refractivity contribution in [1.82, 2.24) is 9.97 Å². The first-order valence-electron chi connectivity index (χ1n) is 6.17. The molecule has 0 amide bonds. The summed E-state index contributed by atoms with van der Waals surface area (Å²) >= 11 is 1.97. The van der Waals surface area contributed by atoms with Gasteiger partial charge >= 0.3 is 0 Å². The van der Waals surface area contributed by atoms with Crippen LogP contribution in [0.4, 0.5) is 11.5 Å². The van der Waals surface area contributed by atoms with Crippen molar-refractivity contribution in [1.29, 1.82) is 0 Å². The molecule has 2 N–H and O–H groups in total. The van der Waals surface area contributed by atoms with E-state index in [1.54, 1.807) is 0 Å². The predicted molar refractivity (Wildman–Crippen MR) is 76.3 cm³/mol. The lowest BCUT2D eigenvalue weighted by atomic mass is 10.2. The van der Waals surface area contributed by atoms with Gasteiger partial charge in [-0.3, -0.25) is 0 Å². The van der Waals surface area contributed by atoms with Crippen LogP contribution in [-0.4, -0.2) is 40.7 Å². The van der Waals surface area contributed by atoms with E-state index in [1.165, 1.54) is 18.5 Å². The van der Waals surface area contributed by atoms with Gasteiger partial charge in [0.05, 0.1) is 6.10 Å². The third kappa shape index (κ3) is 2.80. The SMILES string of the molecule is CC(C)Oc1ncnc(N(C)C2CCSC2)c1N. The molecule has 1 aliphatic heterocycles. The van der Waals surface area contributed by atoms with Crippen LogP contribution in [0, 0.1) is 0 Å². The number of thioether (sulfide) groups is 1. The lowest BCUT2D eigenvalue weighted by Gasteiger charge is -2.26. The molecule has 0 aromatic carbocycles. The maximum absolute atomic E-state index is 6.10. The van der Waals surface area contributed by atoms with Crippen molar-refractivity contribution in [2.45, 2.75) is 32.4 Å². The Morgan fingerprint density at radius 1 is 1.50 bits per heavy atom. The molecular weight excluding hydrogens is 248 g/mol. The summed E-state index contributed by atoms with van der Waals surface area (Å²) in [5.74, 6) is 3.58. The third-order valence-electron chi connectivity index (χ3n) is 2.96. The van der Waals surface area contributed by atoms with Gasteiger partial charge in [-0.15, -0.1) is 0 Å². The first kappa shape index (κ1) is 13.3. The van der Waals surface area contributed by atoms with E-state index in [0.717, 1.165) is 11.6 Å². The minimum atomic E-state index is 0.0578. The highest BCUT2D eigenvalue weighted by atomic mass is 32.2. The highest BCUT2D eigenvalue weighted by molar-refractivity contribution is 7.99. The summed E-state index contributed by atoms with van der Waals surface area (Å²) in [6.45, 7) is 3.91. The molecule has 1 aliphatic rings. The number of aromatic nitrogens is 2. The van der Waals surface area contributed by atoms with Crippen LogP contribution in [0.25, 0.3) is 0 Å². The quantitative estimate of drug-likeness (QED) is 0.898. The second-order valence-corrected chi connectivity index (χ2v) is 5.86. The van der Waals surface area contributed by atoms with E-state index in [1.807, 2.05) is 32.7 Å². The van der Waals surface area contributed by atoms with Gasteiger partial charge in [0.2, 0.25) is 5.88 Å². The summed E-state index contributed by atoms with van der Waals surface area (Å²) in [6.07, 6.45) is 2.75. The van der Waals surface area contributed by atoms with Crippen LogP contribution in [0.15, 0.2) is 6.33 Å². The van der Waals surface area contributed by atoms with E-state index in [0.29, 0.717) is 17.6 Å². The lowest BCUT2D eigenvalue weighted by Crippen LogP contribution is -2.32. The van der Waals surface area contributed by atoms with Crippen molar-refractivity contribution in [2.24, 2.45) is 0 Å². The van der Waals surface area contributed by atoms with Crippen LogP contribution >= 0.6 is 11.8 Å². The van der Waals surface area contributed by atoms with Gasteiger partial charge < -0.3 is 15.4 Å². The van der Waals surface area contributed by atoms with E-state index in [4.69, 9.17) is 10.5 Å². The number of anilines is 2. The number of ether oxygens (including phenoxy) is 1. The normalized spacial score (nSPS) is 19.2. The minimum Gasteiger partial charge on any atom is -0.473 e. The zero-order valence-electron chi connectivity index (χ0n) is 11.1. The number of hydrogen-bond donors (Lipinski definition) is 1. The smallest absolute Gasteiger partial charge is 0.242 e. The Morgan fingerprint density at radius 3 is 2.89 bits per heavy atom. The number of nitrogens with two attached hydrogens (primary N) is 1. The van der Waals surface area contributed by atoms with Crippen LogP contribution in [0.2, 0.25) is 0 Å². The van der Waals surface area contributed by atoms with Crippen LogP contribution in [-0.2, 0) is 0 Å². The maximum Gasteiger partial charge on any atom is 0.242 e. The molecule has 1 unspecified atom stereocenters. The molecule has 1 atom stereocenters. The van der Waals surface area contributed by atoms with Gasteiger partial charge in [-0.25, -0.2) is 4.98 Å². The molecule has 18 heavy (non-hydrogen) atoms. The summed E-state index contributed by atoms with van der Waals surface area (Å²) in [5, 5.41) is 0. The topological polar surface area (TPSA) is 64.3 Å². The molecule has 1 aromatic rings. The number of rotatable bonds is 4. The number of hydrogen-bond acceptors (Lipinski definition) is 6. The van der Waals surface area contributed by atoms with Gasteiger partial charge in [0, 0.05) is 18.8 Å². The Balaban J connectivity index is 2.21. The molecule has 2 heterocycles. The Labute approximate surface area is 112 Å². The fourth-order valence-electron chi connectivity index (χ4n) is 1.97. The summed E-state index contributed by atoms with van der Waals surface area (Å²) in [6, 6.07) is 0.499. The van der Waals surface area contributed by atoms with Crippen molar-refractivity contribution in [3.05, 3.63) is 6.33 Å². The molecule has 1 saturated heterocycles. The summed E-state index contributed by atoms with van der Waals surface area (Å²) in [5.41, 5.74) is 6.63. The molecule has 0 spiro atoms. The van der Waals surface area contributed by atoms with Crippen molar-refractivity contribution >= 4 is 23.3 Å². The highest BCUT2D eigenvalue weighted by Crippen LogP contribution is 2.32. The first-order chi connectivity index (χ1) is 8.59. The average molecular weight is 268 g/mol. The van der Waals surface area contributed by atoms with Gasteiger partial charge in [0.15, 0.2) is 5.82 Å². The van der Waals surface area contributed by atoms with Crippen molar-refractivity contribution in [3.63, 3.8) is 0 Å². The van der Waals surface area contributed by atoms with E-state index in [9.17, 15) is 0 Å². The molecule has 0 bridgehead atoms. The molecule has 100 valence electrons. The summed E-state index contributed by atoms with van der Waals surface area (Å²) in [4.78, 5) is 10.5. The fourth-order valence-corrected chi connectivity index (χ4v) is 3.24. The van der Waals surface area contributed by atoms with E-state index >= 15 is 0 Å². The third-order valence-corrected chi connectivity index (χ3v) is 4.11. The van der Waals surface area contributed by atoms with E-state index < -0.39 is 0 Å². The van der Waals surface area contributed by atoms with Crippen molar-refractivity contribution in [3.8, 4) is 5.88 Å². The van der Waals surface area contributed by atoms with Crippen molar-refractivity contribution < 1.29 is 4.74 Å². The second-order valence-electron chi connectivity index (χ2n) is 4.71. The van der Waals surface area contributed by atoms with Crippen LogP contribution < -0.4 is 15.4 Å². The molecule has 0 saturated carbocycles. The van der Waals surface area contributed by atoms with Gasteiger partial charge in [0.1, 0.15) is 12.0 Å². The molecule has 1 aromatic heterocycles. The maximum atomic E-state index is 6.10. The molecule has 2 rings (SSSR count). The first-order valence-corrected chi connectivity index (χ1v) is 7.32. The molecule has 6 heteroatoms. The highest BCUT2D eigenvalue weighted by Gasteiger charge is 2.24. The molecule has 0 aliphatic carbocycles. The Hall–Kier alpha value is -1.17. The fraction of sp³-hybridized carbons (Fsp3) is 0.667. The van der Waals surface area contributed by atoms with E-state index in [2.05, 4.69) is 14.9 Å². The van der Waals surface area contributed by atoms with Gasteiger partial charge in [-0.2, -0.15) is 16.7 Å². The van der Waals surface area contributed by atoms with Gasteiger partial charge in [0.25, 0.3) is 0 Å². The number of nitrogen functional groups attached to an aromatic ring is 1. The Morgan fingerprint density at radius 2 is 2.28 bits per heavy atom. The van der Waals surface area contributed by atoms with Gasteiger partial charge in [-0.05, 0) is 26.0 Å². The molecule has 5 nitrogen and oxygen atoms in total. The zero-order valence-corrected chi connectivity index (χ0v) is 11.9. The Bertz CT molecular complexity index is 407. The largest absolute Gasteiger partial charge is 0.473 e. The monoisotopic (exact) mass is 268 g/mol. The standard InChI is InChI=1S/C12H20N4OS/c1-8(2)17-12-10(13)11(14-7-15-12)16(3)9-4-5-18-6-9/h7-9H,4-6,13H2,1-3H3. The van der Waals surface area contributed by atoms with Gasteiger partial charge in [-0.1, -0.05) is 0 Å². The average Bonchev–Trinajstić information content (AvgIpc) is 2.84. The molecule has 1 fully saturated rings. The molecule has 0 radical (unpaired) electrons. The Kier molecular flexibility index (Phi) is 4.16. The van der Waals surface area contributed by atoms with E-state index in [-0.39, 0.29) is 6.10 Å². The number of nitrogens with zero attached hydrogens (tertiary/aromatic N) is 3. The molecular formula is C12H20N4OS.